The van der Waals surface area contributed by atoms with Gasteiger partial charge in [0.1, 0.15) is 23.9 Å². The number of fused-ring (bicyclic) bond motifs is 1. The average Bonchev–Trinajstić information content (AvgIpc) is 2.67. The van der Waals surface area contributed by atoms with E-state index < -0.39 is 6.11 Å². The van der Waals surface area contributed by atoms with Gasteiger partial charge in [-0.25, -0.2) is 4.39 Å². The minimum atomic E-state index is -3.54. The second kappa shape index (κ2) is 8.38. The zero-order chi connectivity index (χ0) is 20.1. The smallest absolute Gasteiger partial charge is 0.426 e. The van der Waals surface area contributed by atoms with Crippen molar-refractivity contribution >= 4 is 10.8 Å². The van der Waals surface area contributed by atoms with Crippen LogP contribution >= 0.6 is 0 Å². The summed E-state index contributed by atoms with van der Waals surface area (Å²) in [7, 11) is 0. The highest BCUT2D eigenvalue weighted by atomic mass is 19.3. The summed E-state index contributed by atoms with van der Waals surface area (Å²) in [6.07, 6.45) is -0.511. The number of rotatable bonds is 8. The van der Waals surface area contributed by atoms with Gasteiger partial charge in [-0.3, -0.25) is 0 Å². The molecule has 0 aliphatic rings. The van der Waals surface area contributed by atoms with Gasteiger partial charge in [-0.05, 0) is 71.3 Å². The molecule has 28 heavy (non-hydrogen) atoms. The van der Waals surface area contributed by atoms with Crippen LogP contribution in [0.3, 0.4) is 0 Å². The molecule has 3 rings (SSSR count). The van der Waals surface area contributed by atoms with Gasteiger partial charge in [-0.15, -0.1) is 0 Å². The maximum absolute atomic E-state index is 14.5. The van der Waals surface area contributed by atoms with Gasteiger partial charge in [0.15, 0.2) is 0 Å². The van der Waals surface area contributed by atoms with Crippen molar-refractivity contribution in [2.24, 2.45) is 0 Å². The van der Waals surface area contributed by atoms with Crippen molar-refractivity contribution in [1.29, 1.82) is 0 Å². The van der Waals surface area contributed by atoms with Crippen LogP contribution in [0.4, 0.5) is 13.2 Å². The zero-order valence-electron chi connectivity index (χ0n) is 15.6. The lowest BCUT2D eigenvalue weighted by molar-refractivity contribution is -0.185. The third kappa shape index (κ3) is 4.47. The third-order valence-corrected chi connectivity index (χ3v) is 4.30. The first kappa shape index (κ1) is 19.8. The Morgan fingerprint density at radius 2 is 1.68 bits per heavy atom. The highest BCUT2D eigenvalue weighted by Crippen LogP contribution is 2.34. The topological polar surface area (TPSA) is 18.5 Å². The van der Waals surface area contributed by atoms with Gasteiger partial charge < -0.3 is 9.47 Å². The lowest BCUT2D eigenvalue weighted by Crippen LogP contribution is -2.21. The first-order valence-corrected chi connectivity index (χ1v) is 9.06. The highest BCUT2D eigenvalue weighted by molar-refractivity contribution is 5.84. The van der Waals surface area contributed by atoms with Crippen LogP contribution in [0.15, 0.2) is 67.3 Å². The molecule has 0 N–H and O–H groups in total. The Kier molecular flexibility index (Phi) is 5.93. The van der Waals surface area contributed by atoms with Crippen molar-refractivity contribution in [1.82, 2.24) is 0 Å². The monoisotopic (exact) mass is 386 g/mol. The van der Waals surface area contributed by atoms with Gasteiger partial charge in [0.25, 0.3) is 0 Å². The fraction of sp³-hybridized carbons (Fsp3) is 0.217. The molecule has 0 amide bonds. The predicted molar refractivity (Wildman–Crippen MR) is 105 cm³/mol. The van der Waals surface area contributed by atoms with Crippen molar-refractivity contribution in [3.63, 3.8) is 0 Å². The molecular weight excluding hydrogens is 365 g/mol. The molecule has 0 heterocycles. The molecule has 0 unspecified atom stereocenters. The first-order valence-electron chi connectivity index (χ1n) is 9.06. The number of ether oxygens (including phenoxy) is 2. The summed E-state index contributed by atoms with van der Waals surface area (Å²) in [5.41, 5.74) is 0.316. The lowest BCUT2D eigenvalue weighted by Gasteiger charge is -2.19. The third-order valence-electron chi connectivity index (χ3n) is 4.30. The summed E-state index contributed by atoms with van der Waals surface area (Å²) in [6.45, 7) is 5.80. The van der Waals surface area contributed by atoms with Crippen LogP contribution in [-0.4, -0.2) is 6.61 Å². The Bertz CT molecular complexity index is 965. The molecule has 0 aliphatic carbocycles. The molecule has 3 aromatic rings. The number of benzene rings is 3. The molecule has 0 fully saturated rings. The fourth-order valence-electron chi connectivity index (χ4n) is 2.93. The molecular formula is C23H21F3O2. The first-order chi connectivity index (χ1) is 13.4. The van der Waals surface area contributed by atoms with E-state index in [0.29, 0.717) is 29.7 Å². The quantitative estimate of drug-likeness (QED) is 0.405. The Labute approximate surface area is 162 Å². The largest absolute Gasteiger partial charge is 0.490 e. The number of hydrogen-bond acceptors (Lipinski definition) is 2. The standard InChI is InChI=1S/C23H21F3O2/c1-3-5-17-13-16-6-9-21(14-18(16)15-22(17)24)28-23(25,26)19-7-10-20(11-8-19)27-12-4-2/h4,6-11,13-15H,2-3,5,12H2,1H3. The minimum absolute atomic E-state index is 0.0351. The van der Waals surface area contributed by atoms with Gasteiger partial charge in [-0.1, -0.05) is 32.1 Å². The molecule has 0 aromatic heterocycles. The van der Waals surface area contributed by atoms with Gasteiger partial charge >= 0.3 is 6.11 Å². The minimum Gasteiger partial charge on any atom is -0.490 e. The normalized spacial score (nSPS) is 11.4. The van der Waals surface area contributed by atoms with Crippen LogP contribution < -0.4 is 9.47 Å². The van der Waals surface area contributed by atoms with Crippen molar-refractivity contribution in [2.75, 3.05) is 6.61 Å². The van der Waals surface area contributed by atoms with Crippen LogP contribution in [0.25, 0.3) is 10.8 Å². The van der Waals surface area contributed by atoms with Crippen molar-refractivity contribution < 1.29 is 22.6 Å². The van der Waals surface area contributed by atoms with E-state index in [2.05, 4.69) is 6.58 Å². The molecule has 0 aliphatic heterocycles. The highest BCUT2D eigenvalue weighted by Gasteiger charge is 2.34. The summed E-state index contributed by atoms with van der Waals surface area (Å²) < 4.78 is 53.4. The van der Waals surface area contributed by atoms with Gasteiger partial charge in [0.05, 0.1) is 5.56 Å². The van der Waals surface area contributed by atoms with E-state index in [1.54, 1.807) is 18.2 Å². The maximum atomic E-state index is 14.5. The second-order valence-corrected chi connectivity index (χ2v) is 6.45. The lowest BCUT2D eigenvalue weighted by atomic mass is 10.0. The van der Waals surface area contributed by atoms with Gasteiger partial charge in [0, 0.05) is 0 Å². The average molecular weight is 386 g/mol. The number of halogens is 3. The summed E-state index contributed by atoms with van der Waals surface area (Å²) in [5.74, 6) is 0.0870. The number of alkyl halides is 2. The molecule has 0 bridgehead atoms. The van der Waals surface area contributed by atoms with Crippen LogP contribution in [-0.2, 0) is 12.5 Å². The van der Waals surface area contributed by atoms with Crippen LogP contribution in [0.1, 0.15) is 24.5 Å². The van der Waals surface area contributed by atoms with Crippen molar-refractivity contribution in [2.45, 2.75) is 25.9 Å². The van der Waals surface area contributed by atoms with E-state index in [1.165, 1.54) is 42.5 Å². The zero-order valence-corrected chi connectivity index (χ0v) is 15.6. The predicted octanol–water partition coefficient (Wildman–Crippen LogP) is 6.62. The second-order valence-electron chi connectivity index (χ2n) is 6.45. The van der Waals surface area contributed by atoms with Crippen molar-refractivity contribution in [3.8, 4) is 11.5 Å². The van der Waals surface area contributed by atoms with Crippen molar-refractivity contribution in [3.05, 3.63) is 84.2 Å². The van der Waals surface area contributed by atoms with Gasteiger partial charge in [0.2, 0.25) is 0 Å². The summed E-state index contributed by atoms with van der Waals surface area (Å²) in [5, 5.41) is 1.29. The molecule has 0 atom stereocenters. The number of hydrogen-bond donors (Lipinski definition) is 0. The van der Waals surface area contributed by atoms with Crippen LogP contribution in [0.5, 0.6) is 11.5 Å². The Morgan fingerprint density at radius 1 is 0.964 bits per heavy atom. The molecule has 146 valence electrons. The molecule has 0 saturated carbocycles. The molecule has 5 heteroatoms. The molecule has 3 aromatic carbocycles. The molecule has 0 radical (unpaired) electrons. The maximum Gasteiger partial charge on any atom is 0.426 e. The van der Waals surface area contributed by atoms with E-state index in [4.69, 9.17) is 9.47 Å². The van der Waals surface area contributed by atoms with E-state index in [9.17, 15) is 13.2 Å². The molecule has 2 nitrogen and oxygen atoms in total. The van der Waals surface area contributed by atoms with E-state index in [0.717, 1.165) is 11.8 Å². The van der Waals surface area contributed by atoms with E-state index in [1.807, 2.05) is 6.92 Å². The Morgan fingerprint density at radius 3 is 2.36 bits per heavy atom. The number of aryl methyl sites for hydroxylation is 1. The Balaban J connectivity index is 1.82. The SMILES string of the molecule is C=CCOc1ccc(C(F)(F)Oc2ccc3cc(CCC)c(F)cc3c2)cc1. The summed E-state index contributed by atoms with van der Waals surface area (Å²) in [4.78, 5) is 0. The fourth-order valence-corrected chi connectivity index (χ4v) is 2.93. The van der Waals surface area contributed by atoms with Crippen LogP contribution in [0, 0.1) is 5.82 Å². The Hall–Kier alpha value is -2.95. The molecule has 0 saturated heterocycles. The van der Waals surface area contributed by atoms with Gasteiger partial charge in [-0.2, -0.15) is 8.78 Å². The van der Waals surface area contributed by atoms with E-state index in [-0.39, 0.29) is 17.1 Å². The van der Waals surface area contributed by atoms with Crippen LogP contribution in [0.2, 0.25) is 0 Å². The summed E-state index contributed by atoms with van der Waals surface area (Å²) >= 11 is 0. The van der Waals surface area contributed by atoms with E-state index >= 15 is 0 Å². The summed E-state index contributed by atoms with van der Waals surface area (Å²) in [6, 6.07) is 13.0. The molecule has 0 spiro atoms.